The van der Waals surface area contributed by atoms with Gasteiger partial charge < -0.3 is 14.8 Å². The van der Waals surface area contributed by atoms with Crippen molar-refractivity contribution in [1.29, 1.82) is 0 Å². The van der Waals surface area contributed by atoms with Crippen LogP contribution < -0.4 is 14.8 Å². The molecule has 2 fully saturated rings. The van der Waals surface area contributed by atoms with Crippen LogP contribution in [0.1, 0.15) is 32.1 Å². The lowest BCUT2D eigenvalue weighted by atomic mass is 9.67. The molecule has 0 radical (unpaired) electrons. The van der Waals surface area contributed by atoms with E-state index in [4.69, 9.17) is 9.47 Å². The molecule has 0 spiro atoms. The molecule has 1 amide bonds. The van der Waals surface area contributed by atoms with Crippen molar-refractivity contribution in [1.82, 2.24) is 0 Å². The van der Waals surface area contributed by atoms with Crippen LogP contribution in [0.2, 0.25) is 0 Å². The number of carbonyl (C=O) groups is 2. The minimum Gasteiger partial charge on any atom is -0.454 e. The lowest BCUT2D eigenvalue weighted by molar-refractivity contribution is -0.136. The summed E-state index contributed by atoms with van der Waals surface area (Å²) < 4.78 is 10.6. The highest BCUT2D eigenvalue weighted by Crippen LogP contribution is 2.41. The van der Waals surface area contributed by atoms with Crippen molar-refractivity contribution in [3.05, 3.63) is 18.2 Å². The zero-order chi connectivity index (χ0) is 15.1. The molecule has 2 saturated carbocycles. The van der Waals surface area contributed by atoms with Gasteiger partial charge in [0, 0.05) is 29.5 Å². The van der Waals surface area contributed by atoms with Crippen molar-refractivity contribution in [3.8, 4) is 11.5 Å². The van der Waals surface area contributed by atoms with Gasteiger partial charge in [-0.15, -0.1) is 0 Å². The highest BCUT2D eigenvalue weighted by molar-refractivity contribution is 5.95. The van der Waals surface area contributed by atoms with E-state index in [1.54, 1.807) is 12.1 Å². The minimum atomic E-state index is -0.0570. The number of Topliss-reactive ketones (excluding diaryl/α,β-unsaturated/α-hetero) is 1. The molecular formula is C17H19NO4. The fourth-order valence-electron chi connectivity index (χ4n) is 3.91. The molecular weight excluding hydrogens is 282 g/mol. The van der Waals surface area contributed by atoms with Crippen LogP contribution >= 0.6 is 0 Å². The number of amides is 1. The van der Waals surface area contributed by atoms with Gasteiger partial charge in [-0.2, -0.15) is 0 Å². The largest absolute Gasteiger partial charge is 0.454 e. The first-order valence-corrected chi connectivity index (χ1v) is 7.95. The molecule has 5 nitrogen and oxygen atoms in total. The molecule has 4 rings (SSSR count). The van der Waals surface area contributed by atoms with Gasteiger partial charge in [0.15, 0.2) is 11.5 Å². The second-order valence-corrected chi connectivity index (χ2v) is 6.45. The van der Waals surface area contributed by atoms with Gasteiger partial charge in [0.05, 0.1) is 0 Å². The van der Waals surface area contributed by atoms with Crippen LogP contribution in [-0.4, -0.2) is 18.5 Å². The Morgan fingerprint density at radius 3 is 2.59 bits per heavy atom. The highest BCUT2D eigenvalue weighted by atomic mass is 16.7. The molecule has 3 atom stereocenters. The van der Waals surface area contributed by atoms with Gasteiger partial charge in [-0.1, -0.05) is 6.42 Å². The molecule has 22 heavy (non-hydrogen) atoms. The van der Waals surface area contributed by atoms with Crippen LogP contribution in [0, 0.1) is 17.8 Å². The van der Waals surface area contributed by atoms with Gasteiger partial charge in [-0.25, -0.2) is 0 Å². The van der Waals surface area contributed by atoms with E-state index < -0.39 is 0 Å². The first-order valence-electron chi connectivity index (χ1n) is 7.95. The highest BCUT2D eigenvalue weighted by Gasteiger charge is 2.41. The SMILES string of the molecule is O=C(Nc1ccc2c(c1)OCO2)C1C[C@H]2CCC[C@@H](C1)C2=O. The number of ether oxygens (including phenoxy) is 2. The monoisotopic (exact) mass is 301 g/mol. The summed E-state index contributed by atoms with van der Waals surface area (Å²) in [5, 5.41) is 2.96. The molecule has 2 aliphatic carbocycles. The lowest BCUT2D eigenvalue weighted by Gasteiger charge is -2.36. The predicted octanol–water partition coefficient (Wildman–Crippen LogP) is 2.75. The summed E-state index contributed by atoms with van der Waals surface area (Å²) in [6, 6.07) is 5.41. The molecule has 1 aromatic carbocycles. The van der Waals surface area contributed by atoms with E-state index in [2.05, 4.69) is 5.32 Å². The zero-order valence-corrected chi connectivity index (χ0v) is 12.3. The molecule has 1 aromatic rings. The van der Waals surface area contributed by atoms with E-state index >= 15 is 0 Å². The second kappa shape index (κ2) is 5.30. The third-order valence-electron chi connectivity index (χ3n) is 5.06. The molecule has 1 N–H and O–H groups in total. The molecule has 0 aromatic heterocycles. The van der Waals surface area contributed by atoms with Crippen molar-refractivity contribution in [3.63, 3.8) is 0 Å². The Balaban J connectivity index is 1.45. The Morgan fingerprint density at radius 1 is 1.09 bits per heavy atom. The van der Waals surface area contributed by atoms with Crippen LogP contribution in [0.15, 0.2) is 18.2 Å². The van der Waals surface area contributed by atoms with Crippen LogP contribution in [0.3, 0.4) is 0 Å². The smallest absolute Gasteiger partial charge is 0.231 e. The van der Waals surface area contributed by atoms with Crippen molar-refractivity contribution < 1.29 is 19.1 Å². The van der Waals surface area contributed by atoms with E-state index in [9.17, 15) is 9.59 Å². The Labute approximate surface area is 129 Å². The molecule has 0 saturated heterocycles. The molecule has 2 bridgehead atoms. The predicted molar refractivity (Wildman–Crippen MR) is 79.8 cm³/mol. The van der Waals surface area contributed by atoms with Crippen LogP contribution in [-0.2, 0) is 9.59 Å². The van der Waals surface area contributed by atoms with Crippen LogP contribution in [0.25, 0.3) is 0 Å². The van der Waals surface area contributed by atoms with Gasteiger partial charge >= 0.3 is 0 Å². The zero-order valence-electron chi connectivity index (χ0n) is 12.3. The summed E-state index contributed by atoms with van der Waals surface area (Å²) in [6.45, 7) is 0.223. The summed E-state index contributed by atoms with van der Waals surface area (Å²) in [5.41, 5.74) is 0.719. The summed E-state index contributed by atoms with van der Waals surface area (Å²) in [5.74, 6) is 1.91. The molecule has 5 heteroatoms. The summed E-state index contributed by atoms with van der Waals surface area (Å²) >= 11 is 0. The number of anilines is 1. The Hall–Kier alpha value is -2.04. The molecule has 116 valence electrons. The van der Waals surface area contributed by atoms with Crippen molar-refractivity contribution in [2.45, 2.75) is 32.1 Å². The number of rotatable bonds is 2. The molecule has 1 unspecified atom stereocenters. The first kappa shape index (κ1) is 13.6. The third-order valence-corrected chi connectivity index (χ3v) is 5.06. The average Bonchev–Trinajstić information content (AvgIpc) is 2.94. The van der Waals surface area contributed by atoms with E-state index in [-0.39, 0.29) is 30.5 Å². The van der Waals surface area contributed by atoms with E-state index in [1.807, 2.05) is 6.07 Å². The minimum absolute atomic E-state index is 0.0169. The number of fused-ring (bicyclic) bond motifs is 3. The normalized spacial score (nSPS) is 29.3. The number of hydrogen-bond acceptors (Lipinski definition) is 4. The topological polar surface area (TPSA) is 64.6 Å². The Bertz CT molecular complexity index is 611. The van der Waals surface area contributed by atoms with Crippen LogP contribution in [0.4, 0.5) is 5.69 Å². The Kier molecular flexibility index (Phi) is 3.28. The summed E-state index contributed by atoms with van der Waals surface area (Å²) in [7, 11) is 0. The van der Waals surface area contributed by atoms with Crippen LogP contribution in [0.5, 0.6) is 11.5 Å². The average molecular weight is 301 g/mol. The summed E-state index contributed by atoms with van der Waals surface area (Å²) in [4.78, 5) is 24.6. The maximum absolute atomic E-state index is 12.5. The van der Waals surface area contributed by atoms with Gasteiger partial charge in [0.25, 0.3) is 0 Å². The fourth-order valence-corrected chi connectivity index (χ4v) is 3.91. The number of carbonyl (C=O) groups excluding carboxylic acids is 2. The number of ketones is 1. The fraction of sp³-hybridized carbons (Fsp3) is 0.529. The number of hydrogen-bond donors (Lipinski definition) is 1. The lowest BCUT2D eigenvalue weighted by Crippen LogP contribution is -2.40. The van der Waals surface area contributed by atoms with Crippen molar-refractivity contribution in [2.75, 3.05) is 12.1 Å². The quantitative estimate of drug-likeness (QED) is 0.912. The number of nitrogens with one attached hydrogen (secondary N) is 1. The van der Waals surface area contributed by atoms with Gasteiger partial charge in [-0.05, 0) is 37.8 Å². The van der Waals surface area contributed by atoms with E-state index in [0.29, 0.717) is 30.1 Å². The Morgan fingerprint density at radius 2 is 1.82 bits per heavy atom. The first-order chi connectivity index (χ1) is 10.7. The second-order valence-electron chi connectivity index (χ2n) is 6.45. The third kappa shape index (κ3) is 2.34. The van der Waals surface area contributed by atoms with E-state index in [0.717, 1.165) is 24.9 Å². The van der Waals surface area contributed by atoms with Crippen molar-refractivity contribution in [2.24, 2.45) is 17.8 Å². The molecule has 3 aliphatic rings. The molecule has 1 aliphatic heterocycles. The maximum Gasteiger partial charge on any atom is 0.231 e. The van der Waals surface area contributed by atoms with Gasteiger partial charge in [0.1, 0.15) is 5.78 Å². The molecule has 1 heterocycles. The standard InChI is InChI=1S/C17H19NO4/c19-16-10-2-1-3-11(16)7-12(6-10)17(20)18-13-4-5-14-15(8-13)22-9-21-14/h4-5,8,10-12H,1-3,6-7,9H2,(H,18,20)/t10-,11+,12?. The van der Waals surface area contributed by atoms with Gasteiger partial charge in [-0.3, -0.25) is 9.59 Å². The number of benzene rings is 1. The van der Waals surface area contributed by atoms with Crippen molar-refractivity contribution >= 4 is 17.4 Å². The summed E-state index contributed by atoms with van der Waals surface area (Å²) in [6.07, 6.45) is 4.42. The van der Waals surface area contributed by atoms with Gasteiger partial charge in [0.2, 0.25) is 12.7 Å². The maximum atomic E-state index is 12.5. The van der Waals surface area contributed by atoms with E-state index in [1.165, 1.54) is 0 Å².